The summed E-state index contributed by atoms with van der Waals surface area (Å²) in [5.41, 5.74) is 3.66. The maximum atomic E-state index is 12.9. The number of rotatable bonds is 3. The molecule has 5 heteroatoms. The van der Waals surface area contributed by atoms with E-state index in [9.17, 15) is 9.90 Å². The molecule has 0 saturated carbocycles. The van der Waals surface area contributed by atoms with Crippen LogP contribution in [-0.2, 0) is 13.5 Å². The fourth-order valence-corrected chi connectivity index (χ4v) is 3.91. The van der Waals surface area contributed by atoms with Crippen molar-refractivity contribution in [2.75, 3.05) is 13.2 Å². The van der Waals surface area contributed by atoms with E-state index in [4.69, 9.17) is 4.74 Å². The summed E-state index contributed by atoms with van der Waals surface area (Å²) >= 11 is 0. The smallest absolute Gasteiger partial charge is 0.253 e. The molecule has 2 N–H and O–H groups in total. The number of aromatic nitrogens is 1. The zero-order valence-electron chi connectivity index (χ0n) is 15.7. The van der Waals surface area contributed by atoms with Gasteiger partial charge in [-0.05, 0) is 55.5 Å². The summed E-state index contributed by atoms with van der Waals surface area (Å²) in [6, 6.07) is 13.2. The van der Waals surface area contributed by atoms with Gasteiger partial charge >= 0.3 is 0 Å². The van der Waals surface area contributed by atoms with E-state index >= 15 is 0 Å². The minimum absolute atomic E-state index is 0.0952. The van der Waals surface area contributed by atoms with Crippen molar-refractivity contribution < 1.29 is 14.6 Å². The number of benzene rings is 2. The Morgan fingerprint density at radius 3 is 2.96 bits per heavy atom. The number of hydrogen-bond acceptors (Lipinski definition) is 3. The van der Waals surface area contributed by atoms with E-state index in [1.807, 2.05) is 42.8 Å². The molecule has 0 saturated heterocycles. The van der Waals surface area contributed by atoms with Crippen molar-refractivity contribution in [3.8, 4) is 11.5 Å². The molecule has 2 heterocycles. The van der Waals surface area contributed by atoms with Crippen LogP contribution in [-0.4, -0.2) is 28.7 Å². The van der Waals surface area contributed by atoms with E-state index in [0.717, 1.165) is 35.2 Å². The standard InChI is InChI=1S/C22H24N2O3/c1-14-21(18-12-17(25)7-8-19(18)24(14)2)22(26)23-13-15-9-10-27-20-6-4-3-5-16(20)11-15/h3-8,12,15,25H,9-11,13H2,1-2H3,(H,23,26)/t15-/m0/s1. The molecule has 140 valence electrons. The Hall–Kier alpha value is -2.95. The lowest BCUT2D eigenvalue weighted by Crippen LogP contribution is -2.30. The van der Waals surface area contributed by atoms with Crippen LogP contribution in [0.25, 0.3) is 10.9 Å². The third-order valence-electron chi connectivity index (χ3n) is 5.52. The summed E-state index contributed by atoms with van der Waals surface area (Å²) in [5, 5.41) is 13.7. The molecule has 1 aliphatic heterocycles. The van der Waals surface area contributed by atoms with Crippen LogP contribution in [0.5, 0.6) is 11.5 Å². The zero-order valence-corrected chi connectivity index (χ0v) is 15.7. The van der Waals surface area contributed by atoms with E-state index < -0.39 is 0 Å². The molecule has 3 aromatic rings. The Kier molecular flexibility index (Phi) is 4.52. The van der Waals surface area contributed by atoms with Gasteiger partial charge in [0.1, 0.15) is 11.5 Å². The predicted molar refractivity (Wildman–Crippen MR) is 105 cm³/mol. The first-order chi connectivity index (χ1) is 13.0. The number of phenolic OH excluding ortho intramolecular Hbond substituents is 1. The highest BCUT2D eigenvalue weighted by Gasteiger charge is 2.22. The van der Waals surface area contributed by atoms with Crippen LogP contribution in [0.1, 0.15) is 28.0 Å². The SMILES string of the molecule is Cc1c(C(=O)NC[C@H]2CCOc3ccccc3C2)c2cc(O)ccc2n1C. The summed E-state index contributed by atoms with van der Waals surface area (Å²) in [7, 11) is 1.94. The van der Waals surface area contributed by atoms with Crippen LogP contribution in [0.15, 0.2) is 42.5 Å². The lowest BCUT2D eigenvalue weighted by Gasteiger charge is -2.15. The summed E-state index contributed by atoms with van der Waals surface area (Å²) in [4.78, 5) is 12.9. The number of ether oxygens (including phenoxy) is 1. The van der Waals surface area contributed by atoms with Crippen molar-refractivity contribution in [1.29, 1.82) is 0 Å². The fourth-order valence-electron chi connectivity index (χ4n) is 3.91. The minimum atomic E-state index is -0.0952. The van der Waals surface area contributed by atoms with Crippen molar-refractivity contribution in [2.24, 2.45) is 13.0 Å². The summed E-state index contributed by atoms with van der Waals surface area (Å²) in [6.45, 7) is 3.20. The average Bonchev–Trinajstić information content (AvgIpc) is 2.81. The molecule has 1 atom stereocenters. The third kappa shape index (κ3) is 3.25. The molecule has 27 heavy (non-hydrogen) atoms. The summed E-state index contributed by atoms with van der Waals surface area (Å²) in [6.07, 6.45) is 1.80. The second-order valence-electron chi connectivity index (χ2n) is 7.25. The molecule has 2 aromatic carbocycles. The molecule has 0 radical (unpaired) electrons. The van der Waals surface area contributed by atoms with Gasteiger partial charge in [0.05, 0.1) is 12.2 Å². The lowest BCUT2D eigenvalue weighted by atomic mass is 9.96. The molecule has 1 aromatic heterocycles. The molecular weight excluding hydrogens is 340 g/mol. The monoisotopic (exact) mass is 364 g/mol. The summed E-state index contributed by atoms with van der Waals surface area (Å²) < 4.78 is 7.81. The highest BCUT2D eigenvalue weighted by molar-refractivity contribution is 6.08. The van der Waals surface area contributed by atoms with Gasteiger partial charge in [-0.15, -0.1) is 0 Å². The van der Waals surface area contributed by atoms with Crippen molar-refractivity contribution >= 4 is 16.8 Å². The van der Waals surface area contributed by atoms with E-state index in [1.165, 1.54) is 5.56 Å². The Morgan fingerprint density at radius 2 is 2.11 bits per heavy atom. The largest absolute Gasteiger partial charge is 0.508 e. The average molecular weight is 364 g/mol. The van der Waals surface area contributed by atoms with Gasteiger partial charge in [-0.3, -0.25) is 4.79 Å². The lowest BCUT2D eigenvalue weighted by molar-refractivity contribution is 0.0946. The van der Waals surface area contributed by atoms with Crippen LogP contribution < -0.4 is 10.1 Å². The molecule has 5 nitrogen and oxygen atoms in total. The van der Waals surface area contributed by atoms with E-state index in [0.29, 0.717) is 24.6 Å². The number of carbonyl (C=O) groups excluding carboxylic acids is 1. The number of carbonyl (C=O) groups is 1. The molecule has 4 rings (SSSR count). The number of para-hydroxylation sites is 1. The molecular formula is C22H24N2O3. The van der Waals surface area contributed by atoms with Gasteiger partial charge in [-0.1, -0.05) is 18.2 Å². The van der Waals surface area contributed by atoms with Gasteiger partial charge in [-0.25, -0.2) is 0 Å². The van der Waals surface area contributed by atoms with Gasteiger partial charge in [-0.2, -0.15) is 0 Å². The second kappa shape index (κ2) is 6.99. The quantitative estimate of drug-likeness (QED) is 0.747. The Morgan fingerprint density at radius 1 is 1.30 bits per heavy atom. The summed E-state index contributed by atoms with van der Waals surface area (Å²) in [5.74, 6) is 1.36. The van der Waals surface area contributed by atoms with Crippen molar-refractivity contribution in [2.45, 2.75) is 19.8 Å². The normalized spacial score (nSPS) is 16.4. The maximum Gasteiger partial charge on any atom is 0.253 e. The molecule has 0 aliphatic carbocycles. The van der Waals surface area contributed by atoms with Crippen LogP contribution in [0, 0.1) is 12.8 Å². The first-order valence-corrected chi connectivity index (χ1v) is 9.31. The number of nitrogens with one attached hydrogen (secondary N) is 1. The minimum Gasteiger partial charge on any atom is -0.508 e. The van der Waals surface area contributed by atoms with Gasteiger partial charge in [0.2, 0.25) is 0 Å². The number of aryl methyl sites for hydroxylation is 1. The Labute approximate surface area is 158 Å². The number of fused-ring (bicyclic) bond motifs is 2. The first kappa shape index (κ1) is 17.5. The van der Waals surface area contributed by atoms with E-state index in [2.05, 4.69) is 11.4 Å². The van der Waals surface area contributed by atoms with Gasteiger partial charge in [0.25, 0.3) is 5.91 Å². The number of aromatic hydroxyl groups is 1. The van der Waals surface area contributed by atoms with Crippen LogP contribution in [0.3, 0.4) is 0 Å². The van der Waals surface area contributed by atoms with Crippen molar-refractivity contribution in [1.82, 2.24) is 9.88 Å². The van der Waals surface area contributed by atoms with Crippen LogP contribution in [0.2, 0.25) is 0 Å². The van der Waals surface area contributed by atoms with Crippen molar-refractivity contribution in [3.05, 3.63) is 59.3 Å². The number of nitrogens with zero attached hydrogens (tertiary/aromatic N) is 1. The molecule has 0 spiro atoms. The van der Waals surface area contributed by atoms with E-state index in [1.54, 1.807) is 12.1 Å². The van der Waals surface area contributed by atoms with Gasteiger partial charge in [0, 0.05) is 30.2 Å². The van der Waals surface area contributed by atoms with Gasteiger partial charge < -0.3 is 19.7 Å². The van der Waals surface area contributed by atoms with Crippen LogP contribution >= 0.6 is 0 Å². The molecule has 0 fully saturated rings. The van der Waals surface area contributed by atoms with Crippen LogP contribution in [0.4, 0.5) is 0 Å². The maximum absolute atomic E-state index is 12.9. The Bertz CT molecular complexity index is 1010. The van der Waals surface area contributed by atoms with Gasteiger partial charge in [0.15, 0.2) is 0 Å². The first-order valence-electron chi connectivity index (χ1n) is 9.31. The zero-order chi connectivity index (χ0) is 19.0. The number of amides is 1. The second-order valence-corrected chi connectivity index (χ2v) is 7.25. The number of hydrogen-bond donors (Lipinski definition) is 2. The molecule has 0 bridgehead atoms. The third-order valence-corrected chi connectivity index (χ3v) is 5.52. The van der Waals surface area contributed by atoms with Crippen molar-refractivity contribution in [3.63, 3.8) is 0 Å². The molecule has 1 aliphatic rings. The highest BCUT2D eigenvalue weighted by atomic mass is 16.5. The topological polar surface area (TPSA) is 63.5 Å². The molecule has 0 unspecified atom stereocenters. The Balaban J connectivity index is 1.53. The highest BCUT2D eigenvalue weighted by Crippen LogP contribution is 2.29. The molecule has 1 amide bonds. The number of phenols is 1. The predicted octanol–water partition coefficient (Wildman–Crippen LogP) is 3.56. The van der Waals surface area contributed by atoms with E-state index in [-0.39, 0.29) is 11.7 Å². The fraction of sp³-hybridized carbons (Fsp3) is 0.318.